The van der Waals surface area contributed by atoms with Gasteiger partial charge in [0, 0.05) is 6.04 Å². The molecule has 1 amide bonds. The molecule has 0 aliphatic carbocycles. The van der Waals surface area contributed by atoms with Crippen LogP contribution in [-0.4, -0.2) is 44.6 Å². The number of aromatic nitrogens is 4. The minimum absolute atomic E-state index is 0.0843. The van der Waals surface area contributed by atoms with Crippen molar-refractivity contribution in [1.29, 1.82) is 0 Å². The molecule has 0 aliphatic rings. The predicted octanol–water partition coefficient (Wildman–Crippen LogP) is 0.0711. The van der Waals surface area contributed by atoms with E-state index in [9.17, 15) is 4.79 Å². The fourth-order valence-corrected chi connectivity index (χ4v) is 1.50. The van der Waals surface area contributed by atoms with Gasteiger partial charge in [0.25, 0.3) is 11.7 Å². The molecule has 14 heavy (non-hydrogen) atoms. The van der Waals surface area contributed by atoms with Crippen molar-refractivity contribution in [3.63, 3.8) is 0 Å². The molecule has 1 unspecified atom stereocenters. The van der Waals surface area contributed by atoms with Gasteiger partial charge in [-0.1, -0.05) is 0 Å². The van der Waals surface area contributed by atoms with E-state index in [0.29, 0.717) is 0 Å². The van der Waals surface area contributed by atoms with Gasteiger partial charge >= 0.3 is 0 Å². The Labute approximate surface area is 86.2 Å². The average molecular weight is 215 g/mol. The van der Waals surface area contributed by atoms with Gasteiger partial charge in [0.2, 0.25) is 0 Å². The van der Waals surface area contributed by atoms with Gasteiger partial charge in [0.1, 0.15) is 0 Å². The molecule has 7 heteroatoms. The number of amides is 1. The van der Waals surface area contributed by atoms with Crippen LogP contribution in [0.2, 0.25) is 0 Å². The first-order chi connectivity index (χ1) is 6.74. The van der Waals surface area contributed by atoms with Crippen LogP contribution < -0.4 is 5.32 Å². The molecule has 0 saturated heterocycles. The highest BCUT2D eigenvalue weighted by atomic mass is 32.2. The molecule has 0 fully saturated rings. The fraction of sp³-hybridized carbons (Fsp3) is 0.714. The van der Waals surface area contributed by atoms with Crippen molar-refractivity contribution in [3.05, 3.63) is 5.82 Å². The monoisotopic (exact) mass is 215 g/mol. The summed E-state index contributed by atoms with van der Waals surface area (Å²) in [6.07, 6.45) is 2.97. The summed E-state index contributed by atoms with van der Waals surface area (Å²) in [4.78, 5) is 11.4. The second kappa shape index (κ2) is 5.58. The SMILES string of the molecule is CSCCC(C)NC(=O)c1nn[nH]n1. The molecule has 2 N–H and O–H groups in total. The van der Waals surface area contributed by atoms with E-state index >= 15 is 0 Å². The van der Waals surface area contributed by atoms with Gasteiger partial charge in [-0.25, -0.2) is 0 Å². The summed E-state index contributed by atoms with van der Waals surface area (Å²) in [7, 11) is 0. The summed E-state index contributed by atoms with van der Waals surface area (Å²) in [6, 6.07) is 0.133. The van der Waals surface area contributed by atoms with Crippen molar-refractivity contribution >= 4 is 17.7 Å². The molecule has 0 aromatic carbocycles. The molecule has 0 spiro atoms. The molecule has 1 heterocycles. The van der Waals surface area contributed by atoms with Gasteiger partial charge in [-0.3, -0.25) is 4.79 Å². The topological polar surface area (TPSA) is 83.6 Å². The molecule has 0 saturated carbocycles. The predicted molar refractivity (Wildman–Crippen MR) is 54.1 cm³/mol. The third-order valence-corrected chi connectivity index (χ3v) is 2.32. The minimum Gasteiger partial charge on any atom is -0.347 e. The maximum absolute atomic E-state index is 11.4. The molecule has 78 valence electrons. The highest BCUT2D eigenvalue weighted by Crippen LogP contribution is 2.00. The van der Waals surface area contributed by atoms with Gasteiger partial charge in [0.15, 0.2) is 0 Å². The average Bonchev–Trinajstić information content (AvgIpc) is 2.67. The lowest BCUT2D eigenvalue weighted by Crippen LogP contribution is -2.33. The zero-order chi connectivity index (χ0) is 10.4. The minimum atomic E-state index is -0.285. The highest BCUT2D eigenvalue weighted by molar-refractivity contribution is 7.98. The van der Waals surface area contributed by atoms with Crippen molar-refractivity contribution in [2.24, 2.45) is 0 Å². The Morgan fingerprint density at radius 3 is 3.07 bits per heavy atom. The number of thioether (sulfide) groups is 1. The van der Waals surface area contributed by atoms with E-state index < -0.39 is 0 Å². The second-order valence-corrected chi connectivity index (χ2v) is 3.88. The molecule has 1 aromatic heterocycles. The van der Waals surface area contributed by atoms with E-state index in [1.807, 2.05) is 13.2 Å². The molecule has 1 atom stereocenters. The summed E-state index contributed by atoms with van der Waals surface area (Å²) in [5, 5.41) is 15.5. The third kappa shape index (κ3) is 3.33. The van der Waals surface area contributed by atoms with Crippen LogP contribution in [0.5, 0.6) is 0 Å². The van der Waals surface area contributed by atoms with Crippen molar-refractivity contribution in [2.75, 3.05) is 12.0 Å². The Kier molecular flexibility index (Phi) is 4.37. The van der Waals surface area contributed by atoms with Crippen molar-refractivity contribution in [2.45, 2.75) is 19.4 Å². The van der Waals surface area contributed by atoms with Gasteiger partial charge < -0.3 is 5.32 Å². The van der Waals surface area contributed by atoms with E-state index in [1.165, 1.54) is 0 Å². The van der Waals surface area contributed by atoms with Crippen LogP contribution in [0.4, 0.5) is 0 Å². The fourth-order valence-electron chi connectivity index (χ4n) is 0.913. The number of hydrogen-bond acceptors (Lipinski definition) is 5. The van der Waals surface area contributed by atoms with Crippen LogP contribution in [0.25, 0.3) is 0 Å². The normalized spacial score (nSPS) is 12.4. The van der Waals surface area contributed by atoms with Gasteiger partial charge in [-0.2, -0.15) is 17.0 Å². The number of hydrogen-bond donors (Lipinski definition) is 2. The lowest BCUT2D eigenvalue weighted by atomic mass is 10.2. The maximum atomic E-state index is 11.4. The van der Waals surface area contributed by atoms with Crippen LogP contribution in [-0.2, 0) is 0 Å². The number of H-pyrrole nitrogens is 1. The van der Waals surface area contributed by atoms with E-state index in [4.69, 9.17) is 0 Å². The zero-order valence-electron chi connectivity index (χ0n) is 8.15. The third-order valence-electron chi connectivity index (χ3n) is 1.68. The molecule has 0 aliphatic heterocycles. The number of nitrogens with one attached hydrogen (secondary N) is 2. The Bertz CT molecular complexity index is 276. The molecular weight excluding hydrogens is 202 g/mol. The first kappa shape index (κ1) is 11.0. The van der Waals surface area contributed by atoms with Crippen LogP contribution in [0.15, 0.2) is 0 Å². The largest absolute Gasteiger partial charge is 0.347 e. The van der Waals surface area contributed by atoms with Crippen LogP contribution in [0.1, 0.15) is 24.0 Å². The molecule has 1 aromatic rings. The van der Waals surface area contributed by atoms with Crippen LogP contribution >= 0.6 is 11.8 Å². The van der Waals surface area contributed by atoms with Crippen LogP contribution in [0.3, 0.4) is 0 Å². The maximum Gasteiger partial charge on any atom is 0.293 e. The number of tetrazole rings is 1. The van der Waals surface area contributed by atoms with Gasteiger partial charge in [-0.15, -0.1) is 10.2 Å². The summed E-state index contributed by atoms with van der Waals surface area (Å²) in [5.41, 5.74) is 0. The smallest absolute Gasteiger partial charge is 0.293 e. The van der Waals surface area contributed by atoms with Gasteiger partial charge in [0.05, 0.1) is 0 Å². The van der Waals surface area contributed by atoms with Crippen molar-refractivity contribution < 1.29 is 4.79 Å². The highest BCUT2D eigenvalue weighted by Gasteiger charge is 2.12. The number of carbonyl (C=O) groups is 1. The molecule has 1 rings (SSSR count). The second-order valence-electron chi connectivity index (χ2n) is 2.89. The summed E-state index contributed by atoms with van der Waals surface area (Å²) >= 11 is 1.75. The lowest BCUT2D eigenvalue weighted by molar-refractivity contribution is 0.0929. The van der Waals surface area contributed by atoms with E-state index in [1.54, 1.807) is 11.8 Å². The molecule has 0 bridgehead atoms. The molecule has 0 radical (unpaired) electrons. The number of rotatable bonds is 5. The Balaban J connectivity index is 2.34. The van der Waals surface area contributed by atoms with E-state index in [0.717, 1.165) is 12.2 Å². The number of nitrogens with zero attached hydrogens (tertiary/aromatic N) is 3. The molecule has 6 nitrogen and oxygen atoms in total. The summed E-state index contributed by atoms with van der Waals surface area (Å²) in [5.74, 6) is 0.821. The first-order valence-electron chi connectivity index (χ1n) is 4.27. The van der Waals surface area contributed by atoms with Crippen molar-refractivity contribution in [1.82, 2.24) is 25.9 Å². The number of carbonyl (C=O) groups excluding carboxylic acids is 1. The van der Waals surface area contributed by atoms with Crippen molar-refractivity contribution in [3.8, 4) is 0 Å². The Morgan fingerprint density at radius 1 is 1.71 bits per heavy atom. The van der Waals surface area contributed by atoms with Gasteiger partial charge in [-0.05, 0) is 30.6 Å². The van der Waals surface area contributed by atoms with Crippen LogP contribution in [0, 0.1) is 0 Å². The standard InChI is InChI=1S/C7H13N5OS/c1-5(3-4-14-2)8-7(13)6-9-11-12-10-6/h5H,3-4H2,1-2H3,(H,8,13)(H,9,10,11,12). The Hall–Kier alpha value is -1.11. The van der Waals surface area contributed by atoms with E-state index in [-0.39, 0.29) is 17.8 Å². The zero-order valence-corrected chi connectivity index (χ0v) is 8.97. The molecular formula is C7H13N5OS. The first-order valence-corrected chi connectivity index (χ1v) is 5.66. The summed E-state index contributed by atoms with van der Waals surface area (Å²) in [6.45, 7) is 1.95. The quantitative estimate of drug-likeness (QED) is 0.726. The summed E-state index contributed by atoms with van der Waals surface area (Å²) < 4.78 is 0. The number of aromatic amines is 1. The lowest BCUT2D eigenvalue weighted by Gasteiger charge is -2.10. The van der Waals surface area contributed by atoms with E-state index in [2.05, 4.69) is 25.9 Å². The Morgan fingerprint density at radius 2 is 2.50 bits per heavy atom.